The van der Waals surface area contributed by atoms with Crippen LogP contribution in [0.1, 0.15) is 52.2 Å². The Hall–Kier alpha value is -1.07. The first kappa shape index (κ1) is 16.3. The zero-order chi connectivity index (χ0) is 15.8. The van der Waals surface area contributed by atoms with Gasteiger partial charge in [-0.05, 0) is 41.9 Å². The first-order valence-electron chi connectivity index (χ1n) is 7.25. The highest BCUT2D eigenvalue weighted by molar-refractivity contribution is 9.10. The highest BCUT2D eigenvalue weighted by Crippen LogP contribution is 2.34. The predicted octanol–water partition coefficient (Wildman–Crippen LogP) is 4.11. The number of halogens is 1. The van der Waals surface area contributed by atoms with Crippen molar-refractivity contribution in [1.82, 2.24) is 9.97 Å². The molecule has 2 unspecified atom stereocenters. The molecule has 0 bridgehead atoms. The molecular formula is C16H23BrN2O2. The van der Waals surface area contributed by atoms with Crippen LogP contribution >= 0.6 is 15.9 Å². The van der Waals surface area contributed by atoms with E-state index in [-0.39, 0.29) is 11.1 Å². The summed E-state index contributed by atoms with van der Waals surface area (Å²) in [6, 6.07) is 3.67. The number of aliphatic hydroxyl groups is 1. The van der Waals surface area contributed by atoms with Crippen molar-refractivity contribution in [1.29, 1.82) is 0 Å². The number of nitrogens with one attached hydrogen (secondary N) is 2. The third-order valence-electron chi connectivity index (χ3n) is 3.58. The van der Waals surface area contributed by atoms with Gasteiger partial charge in [-0.15, -0.1) is 0 Å². The molecule has 21 heavy (non-hydrogen) atoms. The summed E-state index contributed by atoms with van der Waals surface area (Å²) < 4.78 is 0.820. The molecule has 1 aromatic carbocycles. The maximum absolute atomic E-state index is 11.3. The van der Waals surface area contributed by atoms with Crippen molar-refractivity contribution in [3.05, 3.63) is 32.7 Å². The van der Waals surface area contributed by atoms with Gasteiger partial charge in [0, 0.05) is 4.47 Å². The summed E-state index contributed by atoms with van der Waals surface area (Å²) in [5.74, 6) is 0.424. The van der Waals surface area contributed by atoms with Gasteiger partial charge in [0.1, 0.15) is 0 Å². The number of H-pyrrole nitrogens is 2. The third kappa shape index (κ3) is 4.20. The van der Waals surface area contributed by atoms with Crippen LogP contribution in [0.25, 0.3) is 11.0 Å². The van der Waals surface area contributed by atoms with Crippen LogP contribution in [0.5, 0.6) is 0 Å². The molecule has 2 aromatic rings. The molecule has 0 radical (unpaired) electrons. The van der Waals surface area contributed by atoms with Gasteiger partial charge in [0.05, 0.1) is 17.1 Å². The van der Waals surface area contributed by atoms with Crippen LogP contribution in [0.3, 0.4) is 0 Å². The summed E-state index contributed by atoms with van der Waals surface area (Å²) in [7, 11) is 0. The van der Waals surface area contributed by atoms with Gasteiger partial charge >= 0.3 is 5.69 Å². The van der Waals surface area contributed by atoms with E-state index >= 15 is 0 Å². The van der Waals surface area contributed by atoms with Crippen LogP contribution in [-0.4, -0.2) is 15.1 Å². The van der Waals surface area contributed by atoms with Crippen LogP contribution in [0.15, 0.2) is 21.4 Å². The topological polar surface area (TPSA) is 68.9 Å². The molecule has 0 aliphatic rings. The second-order valence-corrected chi connectivity index (χ2v) is 7.97. The molecule has 0 spiro atoms. The van der Waals surface area contributed by atoms with E-state index < -0.39 is 6.10 Å². The van der Waals surface area contributed by atoms with Gasteiger partial charge in [-0.25, -0.2) is 4.79 Å². The maximum atomic E-state index is 11.3. The number of hydrogen-bond acceptors (Lipinski definition) is 2. The van der Waals surface area contributed by atoms with Gasteiger partial charge < -0.3 is 15.1 Å². The van der Waals surface area contributed by atoms with Gasteiger partial charge in [-0.1, -0.05) is 43.6 Å². The Morgan fingerprint density at radius 1 is 1.24 bits per heavy atom. The van der Waals surface area contributed by atoms with Gasteiger partial charge in [-0.3, -0.25) is 0 Å². The summed E-state index contributed by atoms with van der Waals surface area (Å²) >= 11 is 3.48. The number of imidazole rings is 1. The third-order valence-corrected chi connectivity index (χ3v) is 4.27. The Labute approximate surface area is 133 Å². The quantitative estimate of drug-likeness (QED) is 0.772. The number of hydrogen-bond donors (Lipinski definition) is 3. The van der Waals surface area contributed by atoms with E-state index in [1.54, 1.807) is 0 Å². The van der Waals surface area contributed by atoms with E-state index in [4.69, 9.17) is 0 Å². The number of aliphatic hydroxyl groups excluding tert-OH is 1. The molecule has 5 heteroatoms. The Kier molecular flexibility index (Phi) is 4.63. The zero-order valence-electron chi connectivity index (χ0n) is 13.0. The second kappa shape index (κ2) is 5.97. The molecule has 2 rings (SSSR count). The molecule has 116 valence electrons. The maximum Gasteiger partial charge on any atom is 0.323 e. The first-order valence-corrected chi connectivity index (χ1v) is 8.04. The van der Waals surface area contributed by atoms with Crippen molar-refractivity contribution in [3.8, 4) is 0 Å². The van der Waals surface area contributed by atoms with E-state index in [0.717, 1.165) is 27.5 Å². The van der Waals surface area contributed by atoms with Gasteiger partial charge in [0.25, 0.3) is 0 Å². The fraction of sp³-hybridized carbons (Fsp3) is 0.562. The number of aromatic nitrogens is 2. The molecular weight excluding hydrogens is 332 g/mol. The van der Waals surface area contributed by atoms with Crippen molar-refractivity contribution in [2.75, 3.05) is 0 Å². The van der Waals surface area contributed by atoms with E-state index in [1.165, 1.54) is 0 Å². The minimum absolute atomic E-state index is 0.232. The molecule has 0 saturated carbocycles. The van der Waals surface area contributed by atoms with Crippen molar-refractivity contribution < 1.29 is 5.11 Å². The summed E-state index contributed by atoms with van der Waals surface area (Å²) in [4.78, 5) is 16.8. The Morgan fingerprint density at radius 3 is 2.38 bits per heavy atom. The fourth-order valence-electron chi connectivity index (χ4n) is 2.96. The average Bonchev–Trinajstić information content (AvgIpc) is 2.64. The highest BCUT2D eigenvalue weighted by Gasteiger charge is 2.20. The molecule has 0 aliphatic carbocycles. The Bertz CT molecular complexity index is 682. The SMILES string of the molecule is CC(CC(O)c1cc2[nH]c(=O)[nH]c2cc1Br)CC(C)(C)C. The lowest BCUT2D eigenvalue weighted by atomic mass is 9.82. The van der Waals surface area contributed by atoms with Crippen molar-refractivity contribution in [3.63, 3.8) is 0 Å². The minimum Gasteiger partial charge on any atom is -0.388 e. The fourth-order valence-corrected chi connectivity index (χ4v) is 3.57. The Balaban J connectivity index is 2.20. The molecule has 2 atom stereocenters. The first-order chi connectivity index (χ1) is 9.65. The molecule has 3 N–H and O–H groups in total. The number of benzene rings is 1. The molecule has 0 saturated heterocycles. The smallest absolute Gasteiger partial charge is 0.323 e. The molecule has 1 heterocycles. The van der Waals surface area contributed by atoms with Crippen molar-refractivity contribution >= 4 is 27.0 Å². The lowest BCUT2D eigenvalue weighted by molar-refractivity contribution is 0.133. The highest BCUT2D eigenvalue weighted by atomic mass is 79.9. The van der Waals surface area contributed by atoms with Crippen LogP contribution in [-0.2, 0) is 0 Å². The monoisotopic (exact) mass is 354 g/mol. The van der Waals surface area contributed by atoms with Gasteiger partial charge in [0.2, 0.25) is 0 Å². The van der Waals surface area contributed by atoms with Crippen LogP contribution in [0.4, 0.5) is 0 Å². The van der Waals surface area contributed by atoms with Gasteiger partial charge in [-0.2, -0.15) is 0 Å². The molecule has 0 aliphatic heterocycles. The summed E-state index contributed by atoms with van der Waals surface area (Å²) in [5, 5.41) is 10.5. The molecule has 4 nitrogen and oxygen atoms in total. The van der Waals surface area contributed by atoms with E-state index in [9.17, 15) is 9.90 Å². The van der Waals surface area contributed by atoms with E-state index in [2.05, 4.69) is 53.6 Å². The second-order valence-electron chi connectivity index (χ2n) is 7.12. The summed E-state index contributed by atoms with van der Waals surface area (Å²) in [6.07, 6.45) is 1.22. The predicted molar refractivity (Wildman–Crippen MR) is 89.4 cm³/mol. The van der Waals surface area contributed by atoms with Gasteiger partial charge in [0.15, 0.2) is 0 Å². The van der Waals surface area contributed by atoms with Crippen molar-refractivity contribution in [2.45, 2.75) is 46.6 Å². The van der Waals surface area contributed by atoms with Crippen molar-refractivity contribution in [2.24, 2.45) is 11.3 Å². The lowest BCUT2D eigenvalue weighted by Gasteiger charge is -2.25. The summed E-state index contributed by atoms with van der Waals surface area (Å²) in [5.41, 5.74) is 2.31. The van der Waals surface area contributed by atoms with Crippen LogP contribution in [0, 0.1) is 11.3 Å². The summed E-state index contributed by atoms with van der Waals surface area (Å²) in [6.45, 7) is 8.80. The zero-order valence-corrected chi connectivity index (χ0v) is 14.5. The lowest BCUT2D eigenvalue weighted by Crippen LogP contribution is -2.13. The average molecular weight is 355 g/mol. The standard InChI is InChI=1S/C16H23BrN2O2/c1-9(8-16(2,3)4)5-14(20)10-6-12-13(7-11(10)17)19-15(21)18-12/h6-7,9,14,20H,5,8H2,1-4H3,(H2,18,19,21). The van der Waals surface area contributed by atoms with Crippen LogP contribution in [0.2, 0.25) is 0 Å². The molecule has 1 aromatic heterocycles. The van der Waals surface area contributed by atoms with E-state index in [1.807, 2.05) is 12.1 Å². The minimum atomic E-state index is -0.542. The number of aromatic amines is 2. The Morgan fingerprint density at radius 2 is 1.81 bits per heavy atom. The van der Waals surface area contributed by atoms with E-state index in [0.29, 0.717) is 12.3 Å². The largest absolute Gasteiger partial charge is 0.388 e. The number of fused-ring (bicyclic) bond motifs is 1. The molecule has 0 fully saturated rings. The normalized spacial score (nSPS) is 15.3. The van der Waals surface area contributed by atoms with Crippen LogP contribution < -0.4 is 5.69 Å². The number of rotatable bonds is 4. The molecule has 0 amide bonds.